The minimum Gasteiger partial charge on any atom is -0.324 e. The summed E-state index contributed by atoms with van der Waals surface area (Å²) in [6, 6.07) is 8.09. The fourth-order valence-corrected chi connectivity index (χ4v) is 3.10. The first-order valence-corrected chi connectivity index (χ1v) is 7.54. The molecule has 1 aromatic carbocycles. The summed E-state index contributed by atoms with van der Waals surface area (Å²) in [4.78, 5) is 8.64. The normalized spacial score (nSPS) is 13.0. The Morgan fingerprint density at radius 3 is 3.00 bits per heavy atom. The lowest BCUT2D eigenvalue weighted by molar-refractivity contribution is 0.798. The number of hydrogen-bond donors (Lipinski definition) is 1. The van der Waals surface area contributed by atoms with Gasteiger partial charge in [0.25, 0.3) is 0 Å². The van der Waals surface area contributed by atoms with Crippen molar-refractivity contribution in [3.8, 4) is 11.3 Å². The predicted octanol–water partition coefficient (Wildman–Crippen LogP) is 3.03. The molecule has 21 heavy (non-hydrogen) atoms. The highest BCUT2D eigenvalue weighted by atomic mass is 32.1. The molecule has 0 fully saturated rings. The molecule has 2 N–H and O–H groups in total. The Balaban J connectivity index is 2.00. The van der Waals surface area contributed by atoms with Crippen molar-refractivity contribution in [2.45, 2.75) is 13.0 Å². The topological polar surface area (TPSA) is 69.1 Å². The molecule has 3 heterocycles. The van der Waals surface area contributed by atoms with Gasteiger partial charge in [-0.05, 0) is 25.1 Å². The summed E-state index contributed by atoms with van der Waals surface area (Å²) < 4.78 is 2.94. The summed E-state index contributed by atoms with van der Waals surface area (Å²) in [7, 11) is 0. The van der Waals surface area contributed by atoms with Crippen molar-refractivity contribution in [2.24, 2.45) is 5.73 Å². The molecule has 0 aliphatic carbocycles. The molecule has 3 aromatic heterocycles. The van der Waals surface area contributed by atoms with Crippen LogP contribution < -0.4 is 5.73 Å². The predicted molar refractivity (Wildman–Crippen MR) is 84.2 cm³/mol. The Morgan fingerprint density at radius 2 is 2.14 bits per heavy atom. The summed E-state index contributed by atoms with van der Waals surface area (Å²) in [5.41, 5.74) is 12.7. The molecule has 0 amide bonds. The van der Waals surface area contributed by atoms with E-state index in [-0.39, 0.29) is 6.04 Å². The van der Waals surface area contributed by atoms with Gasteiger partial charge in [0, 0.05) is 29.6 Å². The Hall–Kier alpha value is -2.31. The van der Waals surface area contributed by atoms with E-state index in [0.29, 0.717) is 0 Å². The number of rotatable bonds is 2. The maximum atomic E-state index is 6.11. The molecule has 0 aliphatic rings. The monoisotopic (exact) mass is 295 g/mol. The summed E-state index contributed by atoms with van der Waals surface area (Å²) in [5.74, 6) is 0. The molecule has 104 valence electrons. The zero-order valence-corrected chi connectivity index (χ0v) is 12.2. The van der Waals surface area contributed by atoms with Crippen LogP contribution in [0.3, 0.4) is 0 Å². The number of imidazole rings is 1. The van der Waals surface area contributed by atoms with E-state index in [1.54, 1.807) is 22.0 Å². The Kier molecular flexibility index (Phi) is 2.73. The van der Waals surface area contributed by atoms with Gasteiger partial charge in [-0.25, -0.2) is 14.5 Å². The molecule has 0 saturated heterocycles. The van der Waals surface area contributed by atoms with Gasteiger partial charge in [0.15, 0.2) is 5.65 Å². The molecule has 0 aliphatic heterocycles. The van der Waals surface area contributed by atoms with Crippen LogP contribution in [0.5, 0.6) is 0 Å². The molecule has 0 unspecified atom stereocenters. The van der Waals surface area contributed by atoms with E-state index in [1.165, 1.54) is 4.70 Å². The van der Waals surface area contributed by atoms with Crippen LogP contribution in [0.25, 0.3) is 27.1 Å². The Labute approximate surface area is 125 Å². The fraction of sp³-hybridized carbons (Fsp3) is 0.133. The van der Waals surface area contributed by atoms with Crippen molar-refractivity contribution >= 4 is 27.2 Å². The van der Waals surface area contributed by atoms with Crippen LogP contribution in [0.4, 0.5) is 0 Å². The number of benzene rings is 1. The molecule has 0 bridgehead atoms. The lowest BCUT2D eigenvalue weighted by Gasteiger charge is -2.12. The second kappa shape index (κ2) is 4.61. The highest BCUT2D eigenvalue weighted by Gasteiger charge is 2.14. The smallest absolute Gasteiger partial charge is 0.153 e. The number of thiazole rings is 1. The average molecular weight is 295 g/mol. The van der Waals surface area contributed by atoms with Crippen molar-refractivity contribution in [1.82, 2.24) is 19.6 Å². The molecule has 0 radical (unpaired) electrons. The Bertz CT molecular complexity index is 937. The van der Waals surface area contributed by atoms with Crippen molar-refractivity contribution in [1.29, 1.82) is 0 Å². The van der Waals surface area contributed by atoms with E-state index < -0.39 is 0 Å². The first-order chi connectivity index (χ1) is 10.2. The third kappa shape index (κ3) is 2.00. The standard InChI is InChI=1S/C15H13N5S/c1-9(16)11-7-14-17-4-5-20(14)19-15(11)10-2-3-13-12(6-10)18-8-21-13/h2-9H,16H2,1H3/t9-/m1/s1. The number of fused-ring (bicyclic) bond motifs is 2. The van der Waals surface area contributed by atoms with Crippen LogP contribution >= 0.6 is 11.3 Å². The van der Waals surface area contributed by atoms with Crippen molar-refractivity contribution in [2.75, 3.05) is 0 Å². The van der Waals surface area contributed by atoms with Gasteiger partial charge in [-0.2, -0.15) is 5.10 Å². The first-order valence-electron chi connectivity index (χ1n) is 6.66. The van der Waals surface area contributed by atoms with E-state index in [4.69, 9.17) is 5.73 Å². The molecule has 1 atom stereocenters. The van der Waals surface area contributed by atoms with Crippen LogP contribution in [0.1, 0.15) is 18.5 Å². The number of hydrogen-bond acceptors (Lipinski definition) is 5. The van der Waals surface area contributed by atoms with Crippen molar-refractivity contribution in [3.63, 3.8) is 0 Å². The molecule has 0 saturated carbocycles. The highest BCUT2D eigenvalue weighted by molar-refractivity contribution is 7.16. The molecule has 6 heteroatoms. The maximum Gasteiger partial charge on any atom is 0.153 e. The highest BCUT2D eigenvalue weighted by Crippen LogP contribution is 2.29. The van der Waals surface area contributed by atoms with Crippen LogP contribution in [0.15, 0.2) is 42.2 Å². The molecule has 4 aromatic rings. The number of nitrogens with zero attached hydrogens (tertiary/aromatic N) is 4. The zero-order chi connectivity index (χ0) is 14.4. The fourth-order valence-electron chi connectivity index (χ4n) is 2.45. The lowest BCUT2D eigenvalue weighted by atomic mass is 10.0. The second-order valence-electron chi connectivity index (χ2n) is 5.00. The number of aromatic nitrogens is 4. The number of nitrogens with two attached hydrogens (primary N) is 1. The van der Waals surface area contributed by atoms with Gasteiger partial charge in [-0.15, -0.1) is 11.3 Å². The minimum absolute atomic E-state index is 0.111. The van der Waals surface area contributed by atoms with Gasteiger partial charge in [-0.1, -0.05) is 6.07 Å². The quantitative estimate of drug-likeness (QED) is 0.617. The van der Waals surface area contributed by atoms with E-state index in [9.17, 15) is 0 Å². The molecule has 0 spiro atoms. The van der Waals surface area contributed by atoms with E-state index in [0.717, 1.165) is 28.0 Å². The van der Waals surface area contributed by atoms with Crippen LogP contribution in [0.2, 0.25) is 0 Å². The second-order valence-corrected chi connectivity index (χ2v) is 5.89. The largest absolute Gasteiger partial charge is 0.324 e. The zero-order valence-electron chi connectivity index (χ0n) is 11.4. The summed E-state index contributed by atoms with van der Waals surface area (Å²) in [6.07, 6.45) is 3.58. The van der Waals surface area contributed by atoms with Gasteiger partial charge >= 0.3 is 0 Å². The van der Waals surface area contributed by atoms with Gasteiger partial charge < -0.3 is 5.73 Å². The molecular formula is C15H13N5S. The van der Waals surface area contributed by atoms with Crippen molar-refractivity contribution in [3.05, 3.63) is 47.7 Å². The lowest BCUT2D eigenvalue weighted by Crippen LogP contribution is -2.10. The minimum atomic E-state index is -0.111. The summed E-state index contributed by atoms with van der Waals surface area (Å²) in [6.45, 7) is 1.96. The van der Waals surface area contributed by atoms with Gasteiger partial charge in [0.05, 0.1) is 21.4 Å². The molecule has 5 nitrogen and oxygen atoms in total. The van der Waals surface area contributed by atoms with Gasteiger partial charge in [0.1, 0.15) is 0 Å². The van der Waals surface area contributed by atoms with E-state index in [1.807, 2.05) is 24.7 Å². The average Bonchev–Trinajstić information content (AvgIpc) is 3.13. The van der Waals surface area contributed by atoms with Crippen LogP contribution in [-0.2, 0) is 0 Å². The molecule has 4 rings (SSSR count). The molecular weight excluding hydrogens is 282 g/mol. The SMILES string of the molecule is C[C@@H](N)c1cc2nccn2nc1-c1ccc2scnc2c1. The van der Waals surface area contributed by atoms with Gasteiger partial charge in [-0.3, -0.25) is 0 Å². The third-order valence-electron chi connectivity index (χ3n) is 3.51. The van der Waals surface area contributed by atoms with E-state index >= 15 is 0 Å². The summed E-state index contributed by atoms with van der Waals surface area (Å²) in [5, 5.41) is 4.67. The summed E-state index contributed by atoms with van der Waals surface area (Å²) >= 11 is 1.63. The van der Waals surface area contributed by atoms with E-state index in [2.05, 4.69) is 33.3 Å². The maximum absolute atomic E-state index is 6.11. The Morgan fingerprint density at radius 1 is 1.24 bits per heavy atom. The van der Waals surface area contributed by atoms with Crippen LogP contribution in [-0.4, -0.2) is 19.6 Å². The van der Waals surface area contributed by atoms with Gasteiger partial charge in [0.2, 0.25) is 0 Å². The van der Waals surface area contributed by atoms with Crippen LogP contribution in [0, 0.1) is 0 Å². The van der Waals surface area contributed by atoms with Crippen molar-refractivity contribution < 1.29 is 0 Å². The first kappa shape index (κ1) is 12.4. The third-order valence-corrected chi connectivity index (χ3v) is 4.32.